The highest BCUT2D eigenvalue weighted by molar-refractivity contribution is 6.03. The highest BCUT2D eigenvalue weighted by atomic mass is 17.2. The fourth-order valence-electron chi connectivity index (χ4n) is 5.60. The number of rotatable bonds is 20. The van der Waals surface area contributed by atoms with Gasteiger partial charge in [-0.25, -0.2) is 29.0 Å². The first-order valence-corrected chi connectivity index (χ1v) is 18.5. The van der Waals surface area contributed by atoms with Crippen molar-refractivity contribution in [3.63, 3.8) is 0 Å². The average molecular weight is 735 g/mol. The normalized spacial score (nSPS) is 10.6. The fraction of sp³-hybridized carbons (Fsp3) is 0.318. The zero-order valence-corrected chi connectivity index (χ0v) is 30.8. The van der Waals surface area contributed by atoms with E-state index in [9.17, 15) is 28.8 Å². The molecule has 0 fully saturated rings. The summed E-state index contributed by atoms with van der Waals surface area (Å²) < 4.78 is 11.0. The molecule has 0 N–H and O–H groups in total. The van der Waals surface area contributed by atoms with Crippen molar-refractivity contribution in [2.75, 3.05) is 0 Å². The number of hydrogen-bond acceptors (Lipinski definition) is 10. The Morgan fingerprint density at radius 2 is 0.778 bits per heavy atom. The van der Waals surface area contributed by atoms with Crippen molar-refractivity contribution >= 4 is 35.4 Å². The monoisotopic (exact) mass is 734 g/mol. The van der Waals surface area contributed by atoms with Crippen molar-refractivity contribution in [3.05, 3.63) is 130 Å². The topological polar surface area (TPSA) is 139 Å². The van der Waals surface area contributed by atoms with Gasteiger partial charge in [-0.05, 0) is 73.5 Å². The van der Waals surface area contributed by atoms with E-state index in [0.29, 0.717) is 12.8 Å². The van der Waals surface area contributed by atoms with Crippen LogP contribution in [0.4, 0.5) is 0 Å². The standard InChI is InChI=1S/C44H46O10/c1-3-5-7-9-17-23-37(45)33-25-27-39(51-41(47)31-19-13-11-14-20-31)35(29-33)43(49)53-54-44(50)36-30-34(38(46)24-18-10-8-6-4-2)26-28-40(36)52-42(48)32-21-15-12-16-22-32/h11-16,19-22,25-30H,3-10,17-18,23-24H2,1-2H3. The third-order valence-corrected chi connectivity index (χ3v) is 8.68. The molecule has 0 saturated carbocycles. The molecule has 0 amide bonds. The summed E-state index contributed by atoms with van der Waals surface area (Å²) in [5.74, 6) is -4.92. The fourth-order valence-corrected chi connectivity index (χ4v) is 5.60. The third-order valence-electron chi connectivity index (χ3n) is 8.68. The number of carbonyl (C=O) groups excluding carboxylic acids is 6. The Kier molecular flexibility index (Phi) is 16.3. The van der Waals surface area contributed by atoms with Crippen molar-refractivity contribution in [1.82, 2.24) is 0 Å². The predicted octanol–water partition coefficient (Wildman–Crippen LogP) is 10.1. The smallest absolute Gasteiger partial charge is 0.390 e. The molecule has 0 aliphatic carbocycles. The van der Waals surface area contributed by atoms with Crippen LogP contribution in [0.5, 0.6) is 11.5 Å². The quantitative estimate of drug-likeness (QED) is 0.0215. The molecule has 0 atom stereocenters. The van der Waals surface area contributed by atoms with Gasteiger partial charge in [0.1, 0.15) is 22.6 Å². The molecule has 4 rings (SSSR count). The lowest BCUT2D eigenvalue weighted by molar-refractivity contribution is -0.187. The first-order valence-electron chi connectivity index (χ1n) is 18.5. The van der Waals surface area contributed by atoms with Gasteiger partial charge in [0.2, 0.25) is 0 Å². The Balaban J connectivity index is 1.57. The molecular weight excluding hydrogens is 688 g/mol. The van der Waals surface area contributed by atoms with Crippen LogP contribution in [-0.4, -0.2) is 35.4 Å². The largest absolute Gasteiger partial charge is 0.422 e. The zero-order chi connectivity index (χ0) is 38.7. The zero-order valence-electron chi connectivity index (χ0n) is 30.8. The number of carbonyl (C=O) groups is 6. The third kappa shape index (κ3) is 12.4. The Morgan fingerprint density at radius 1 is 0.407 bits per heavy atom. The SMILES string of the molecule is CCCCCCCC(=O)c1ccc(OC(=O)c2ccccc2)c(C(=O)OOC(=O)c2cc(C(=O)CCCCCCC)ccc2OC(=O)c2ccccc2)c1. The van der Waals surface area contributed by atoms with Crippen LogP contribution in [0.1, 0.15) is 153 Å². The van der Waals surface area contributed by atoms with Gasteiger partial charge in [-0.2, -0.15) is 0 Å². The molecular formula is C44H46O10. The summed E-state index contributed by atoms with van der Waals surface area (Å²) in [4.78, 5) is 88.9. The molecule has 0 aromatic heterocycles. The Bertz CT molecular complexity index is 1760. The molecule has 0 bridgehead atoms. The van der Waals surface area contributed by atoms with Crippen LogP contribution in [0, 0.1) is 0 Å². The van der Waals surface area contributed by atoms with Crippen LogP contribution in [0.3, 0.4) is 0 Å². The summed E-state index contributed by atoms with van der Waals surface area (Å²) in [7, 11) is 0. The lowest BCUT2D eigenvalue weighted by Crippen LogP contribution is -2.17. The summed E-state index contributed by atoms with van der Waals surface area (Å²) in [6, 6.07) is 24.1. The van der Waals surface area contributed by atoms with Gasteiger partial charge in [0, 0.05) is 24.0 Å². The molecule has 10 nitrogen and oxygen atoms in total. The molecule has 4 aromatic carbocycles. The number of hydrogen-bond donors (Lipinski definition) is 0. The molecule has 0 saturated heterocycles. The summed E-state index contributed by atoms with van der Waals surface area (Å²) in [6.45, 7) is 4.20. The minimum absolute atomic E-state index is 0.180. The first kappa shape index (κ1) is 40.9. The van der Waals surface area contributed by atoms with Crippen molar-refractivity contribution in [2.45, 2.75) is 90.9 Å². The van der Waals surface area contributed by atoms with Gasteiger partial charge >= 0.3 is 23.9 Å². The summed E-state index contributed by atoms with van der Waals surface area (Å²) in [6.07, 6.45) is 9.86. The summed E-state index contributed by atoms with van der Waals surface area (Å²) >= 11 is 0. The maximum Gasteiger partial charge on any atom is 0.390 e. The number of unbranched alkanes of at least 4 members (excludes halogenated alkanes) is 8. The van der Waals surface area contributed by atoms with Crippen LogP contribution in [0.15, 0.2) is 97.1 Å². The number of Topliss-reactive ketones (excluding diaryl/α,β-unsaturated/α-hetero) is 2. The summed E-state index contributed by atoms with van der Waals surface area (Å²) in [5, 5.41) is 0. The molecule has 54 heavy (non-hydrogen) atoms. The van der Waals surface area contributed by atoms with Crippen molar-refractivity contribution < 1.29 is 48.0 Å². The van der Waals surface area contributed by atoms with E-state index in [1.165, 1.54) is 60.7 Å². The van der Waals surface area contributed by atoms with E-state index in [4.69, 9.17) is 19.2 Å². The second kappa shape index (κ2) is 21.6. The molecule has 0 unspecified atom stereocenters. The number of benzene rings is 4. The molecule has 10 heteroatoms. The van der Waals surface area contributed by atoms with E-state index in [1.807, 2.05) is 0 Å². The van der Waals surface area contributed by atoms with Crippen LogP contribution < -0.4 is 9.47 Å². The minimum Gasteiger partial charge on any atom is -0.422 e. The van der Waals surface area contributed by atoms with Gasteiger partial charge in [-0.1, -0.05) is 102 Å². The van der Waals surface area contributed by atoms with Crippen LogP contribution in [0.25, 0.3) is 0 Å². The molecule has 0 radical (unpaired) electrons. The second-order valence-electron chi connectivity index (χ2n) is 12.8. The molecule has 282 valence electrons. The lowest BCUT2D eigenvalue weighted by atomic mass is 10.0. The lowest BCUT2D eigenvalue weighted by Gasteiger charge is -2.13. The Labute approximate surface area is 315 Å². The minimum atomic E-state index is -1.24. The van der Waals surface area contributed by atoms with Gasteiger partial charge < -0.3 is 9.47 Å². The van der Waals surface area contributed by atoms with Gasteiger partial charge in [0.05, 0.1) is 11.1 Å². The highest BCUT2D eigenvalue weighted by Gasteiger charge is 2.26. The Hall–Kier alpha value is -5.90. The van der Waals surface area contributed by atoms with E-state index in [-0.39, 0.29) is 69.3 Å². The van der Waals surface area contributed by atoms with Gasteiger partial charge in [-0.15, -0.1) is 0 Å². The first-order chi connectivity index (χ1) is 26.2. The van der Waals surface area contributed by atoms with E-state index >= 15 is 0 Å². The van der Waals surface area contributed by atoms with Crippen molar-refractivity contribution in [3.8, 4) is 11.5 Å². The maximum atomic E-state index is 13.5. The van der Waals surface area contributed by atoms with Gasteiger partial charge in [-0.3, -0.25) is 9.59 Å². The van der Waals surface area contributed by atoms with Crippen molar-refractivity contribution in [2.24, 2.45) is 0 Å². The van der Waals surface area contributed by atoms with E-state index in [0.717, 1.165) is 51.4 Å². The second-order valence-corrected chi connectivity index (χ2v) is 12.8. The summed E-state index contributed by atoms with van der Waals surface area (Å²) in [5.41, 5.74) is 0.101. The predicted molar refractivity (Wildman–Crippen MR) is 202 cm³/mol. The molecule has 0 aliphatic heterocycles. The van der Waals surface area contributed by atoms with E-state index in [1.54, 1.807) is 36.4 Å². The molecule has 4 aromatic rings. The number of ether oxygens (including phenoxy) is 2. The van der Waals surface area contributed by atoms with Crippen LogP contribution in [-0.2, 0) is 9.78 Å². The average Bonchev–Trinajstić information content (AvgIpc) is 3.20. The number of ketones is 2. The molecule has 0 spiro atoms. The Morgan fingerprint density at radius 3 is 1.15 bits per heavy atom. The van der Waals surface area contributed by atoms with Crippen LogP contribution in [0.2, 0.25) is 0 Å². The van der Waals surface area contributed by atoms with Crippen LogP contribution >= 0.6 is 0 Å². The maximum absolute atomic E-state index is 13.5. The van der Waals surface area contributed by atoms with Gasteiger partial charge in [0.25, 0.3) is 0 Å². The van der Waals surface area contributed by atoms with Gasteiger partial charge in [0.15, 0.2) is 11.6 Å². The van der Waals surface area contributed by atoms with E-state index in [2.05, 4.69) is 13.8 Å². The number of esters is 2. The molecule has 0 aliphatic rings. The van der Waals surface area contributed by atoms with Crippen molar-refractivity contribution in [1.29, 1.82) is 0 Å². The molecule has 0 heterocycles. The highest BCUT2D eigenvalue weighted by Crippen LogP contribution is 2.27. The van der Waals surface area contributed by atoms with E-state index < -0.39 is 23.9 Å².